The number of benzene rings is 2. The second-order valence-corrected chi connectivity index (χ2v) is 9.30. The van der Waals surface area contributed by atoms with Crippen LogP contribution in [-0.4, -0.2) is 41.8 Å². The first-order chi connectivity index (χ1) is 14.6. The van der Waals surface area contributed by atoms with Crippen molar-refractivity contribution in [2.45, 2.75) is 56.8 Å². The van der Waals surface area contributed by atoms with Crippen LogP contribution in [0.4, 0.5) is 0 Å². The van der Waals surface area contributed by atoms with E-state index in [2.05, 4.69) is 11.0 Å². The van der Waals surface area contributed by atoms with Crippen molar-refractivity contribution < 1.29 is 9.84 Å². The van der Waals surface area contributed by atoms with Crippen LogP contribution in [0.15, 0.2) is 48.5 Å². The number of nitrogens with two attached hydrogens (primary N) is 1. The number of halogens is 1. The molecule has 2 fully saturated rings. The molecule has 4 nitrogen and oxygen atoms in total. The van der Waals surface area contributed by atoms with E-state index in [1.807, 2.05) is 42.5 Å². The molecule has 1 aliphatic carbocycles. The zero-order valence-electron chi connectivity index (χ0n) is 17.6. The smallest absolute Gasteiger partial charge is 0.138 e. The second-order valence-electron chi connectivity index (χ2n) is 8.89. The van der Waals surface area contributed by atoms with E-state index in [9.17, 15) is 5.11 Å². The Kier molecular flexibility index (Phi) is 7.32. The first kappa shape index (κ1) is 21.6. The molecule has 1 saturated heterocycles. The lowest BCUT2D eigenvalue weighted by Crippen LogP contribution is -2.37. The van der Waals surface area contributed by atoms with E-state index in [0.29, 0.717) is 17.4 Å². The standard InChI is InChI=1S/C25H33ClN2O2/c26-23-14-19(10-11-25(23)30-17-18-6-2-1-3-7-18)22(16-28-13-12-20(27)15-28)21-8-4-5-9-24(21)29/h1-3,6-7,10-11,14,20-22,24,29H,4-5,8-9,12-13,15-17,27H2/t20-,21?,22?,24?/m1/s1. The van der Waals surface area contributed by atoms with E-state index >= 15 is 0 Å². The van der Waals surface area contributed by atoms with Crippen LogP contribution < -0.4 is 10.5 Å². The molecule has 2 aromatic rings. The molecule has 4 atom stereocenters. The summed E-state index contributed by atoms with van der Waals surface area (Å²) < 4.78 is 5.96. The van der Waals surface area contributed by atoms with Crippen molar-refractivity contribution in [2.75, 3.05) is 19.6 Å². The molecular formula is C25H33ClN2O2. The molecular weight excluding hydrogens is 396 g/mol. The van der Waals surface area contributed by atoms with Gasteiger partial charge in [-0.15, -0.1) is 0 Å². The summed E-state index contributed by atoms with van der Waals surface area (Å²) in [5, 5.41) is 11.4. The van der Waals surface area contributed by atoms with Gasteiger partial charge in [0.2, 0.25) is 0 Å². The predicted octanol–water partition coefficient (Wildman–Crippen LogP) is 4.59. The van der Waals surface area contributed by atoms with Gasteiger partial charge in [-0.25, -0.2) is 0 Å². The van der Waals surface area contributed by atoms with Crippen LogP contribution in [0.5, 0.6) is 5.75 Å². The molecule has 1 aliphatic heterocycles. The Bertz CT molecular complexity index is 816. The summed E-state index contributed by atoms with van der Waals surface area (Å²) in [6.07, 6.45) is 5.07. The molecule has 2 aromatic carbocycles. The van der Waals surface area contributed by atoms with Crippen LogP contribution in [0.1, 0.15) is 49.1 Å². The van der Waals surface area contributed by atoms with Gasteiger partial charge in [-0.05, 0) is 55.0 Å². The van der Waals surface area contributed by atoms with Gasteiger partial charge in [-0.3, -0.25) is 0 Å². The third kappa shape index (κ3) is 5.36. The number of nitrogens with zero attached hydrogens (tertiary/aromatic N) is 1. The fraction of sp³-hybridized carbons (Fsp3) is 0.520. The third-order valence-corrected chi connectivity index (χ3v) is 6.98. The molecule has 3 unspecified atom stereocenters. The van der Waals surface area contributed by atoms with Crippen molar-refractivity contribution in [2.24, 2.45) is 11.7 Å². The Morgan fingerprint density at radius 2 is 1.90 bits per heavy atom. The number of aliphatic hydroxyl groups is 1. The Balaban J connectivity index is 1.51. The molecule has 0 spiro atoms. The average Bonchev–Trinajstić information content (AvgIpc) is 3.17. The van der Waals surface area contributed by atoms with Crippen molar-refractivity contribution in [1.29, 1.82) is 0 Å². The van der Waals surface area contributed by atoms with Crippen molar-refractivity contribution in [3.05, 3.63) is 64.7 Å². The fourth-order valence-corrected chi connectivity index (χ4v) is 5.25. The highest BCUT2D eigenvalue weighted by Gasteiger charge is 2.34. The van der Waals surface area contributed by atoms with E-state index in [4.69, 9.17) is 22.1 Å². The van der Waals surface area contributed by atoms with Crippen LogP contribution in [0.25, 0.3) is 0 Å². The van der Waals surface area contributed by atoms with Crippen molar-refractivity contribution in [3.63, 3.8) is 0 Å². The zero-order chi connectivity index (χ0) is 20.9. The van der Waals surface area contributed by atoms with Gasteiger partial charge in [0.15, 0.2) is 0 Å². The van der Waals surface area contributed by atoms with E-state index in [-0.39, 0.29) is 24.0 Å². The monoisotopic (exact) mass is 428 g/mol. The summed E-state index contributed by atoms with van der Waals surface area (Å²) in [5.41, 5.74) is 8.45. The Morgan fingerprint density at radius 3 is 2.60 bits per heavy atom. The molecule has 5 heteroatoms. The zero-order valence-corrected chi connectivity index (χ0v) is 18.3. The molecule has 2 aliphatic rings. The average molecular weight is 429 g/mol. The maximum absolute atomic E-state index is 10.8. The molecule has 1 heterocycles. The summed E-state index contributed by atoms with van der Waals surface area (Å²) in [6, 6.07) is 16.5. The summed E-state index contributed by atoms with van der Waals surface area (Å²) in [6.45, 7) is 3.39. The quantitative estimate of drug-likeness (QED) is 0.677. The van der Waals surface area contributed by atoms with Crippen molar-refractivity contribution >= 4 is 11.6 Å². The lowest BCUT2D eigenvalue weighted by Gasteiger charge is -2.37. The molecule has 0 aromatic heterocycles. The minimum atomic E-state index is -0.243. The van der Waals surface area contributed by atoms with Gasteiger partial charge in [0.05, 0.1) is 11.1 Å². The van der Waals surface area contributed by atoms with Crippen molar-refractivity contribution in [1.82, 2.24) is 4.90 Å². The molecule has 4 rings (SSSR count). The van der Waals surface area contributed by atoms with Gasteiger partial charge in [0, 0.05) is 25.0 Å². The summed E-state index contributed by atoms with van der Waals surface area (Å²) in [7, 11) is 0. The maximum atomic E-state index is 10.8. The van der Waals surface area contributed by atoms with Gasteiger partial charge in [0.25, 0.3) is 0 Å². The second kappa shape index (κ2) is 10.1. The Morgan fingerprint density at radius 1 is 1.10 bits per heavy atom. The predicted molar refractivity (Wildman–Crippen MR) is 122 cm³/mol. The molecule has 162 valence electrons. The summed E-state index contributed by atoms with van der Waals surface area (Å²) in [5.74, 6) is 1.23. The molecule has 3 N–H and O–H groups in total. The number of aliphatic hydroxyl groups excluding tert-OH is 1. The minimum Gasteiger partial charge on any atom is -0.487 e. The molecule has 30 heavy (non-hydrogen) atoms. The SMILES string of the molecule is N[C@@H]1CCN(CC(c2ccc(OCc3ccccc3)c(Cl)c2)C2CCCCC2O)C1. The number of hydrogen-bond acceptors (Lipinski definition) is 4. The number of ether oxygens (including phenoxy) is 1. The first-order valence-corrected chi connectivity index (χ1v) is 11.6. The van der Waals surface area contributed by atoms with Gasteiger partial charge in [-0.1, -0.05) is 60.8 Å². The summed E-state index contributed by atoms with van der Waals surface area (Å²) >= 11 is 6.63. The normalized spacial score (nSPS) is 25.9. The van der Waals surface area contributed by atoms with E-state index < -0.39 is 0 Å². The van der Waals surface area contributed by atoms with Gasteiger partial charge < -0.3 is 20.5 Å². The highest BCUT2D eigenvalue weighted by molar-refractivity contribution is 6.32. The highest BCUT2D eigenvalue weighted by Crippen LogP contribution is 2.39. The lowest BCUT2D eigenvalue weighted by molar-refractivity contribution is 0.0476. The Hall–Kier alpha value is -1.59. The van der Waals surface area contributed by atoms with E-state index in [1.165, 1.54) is 12.0 Å². The van der Waals surface area contributed by atoms with Gasteiger partial charge >= 0.3 is 0 Å². The highest BCUT2D eigenvalue weighted by atomic mass is 35.5. The summed E-state index contributed by atoms with van der Waals surface area (Å²) in [4.78, 5) is 2.45. The number of hydrogen-bond donors (Lipinski definition) is 2. The molecule has 0 amide bonds. The lowest BCUT2D eigenvalue weighted by atomic mass is 9.74. The fourth-order valence-electron chi connectivity index (χ4n) is 5.00. The minimum absolute atomic E-state index is 0.243. The number of likely N-dealkylation sites (tertiary alicyclic amines) is 1. The first-order valence-electron chi connectivity index (χ1n) is 11.2. The van der Waals surface area contributed by atoms with Crippen LogP contribution >= 0.6 is 11.6 Å². The van der Waals surface area contributed by atoms with Crippen LogP contribution in [0, 0.1) is 5.92 Å². The van der Waals surface area contributed by atoms with Crippen molar-refractivity contribution in [3.8, 4) is 5.75 Å². The topological polar surface area (TPSA) is 58.7 Å². The van der Waals surface area contributed by atoms with Crippen LogP contribution in [0.2, 0.25) is 5.02 Å². The van der Waals surface area contributed by atoms with Gasteiger partial charge in [0.1, 0.15) is 12.4 Å². The van der Waals surface area contributed by atoms with E-state index in [1.54, 1.807) is 0 Å². The molecule has 0 bridgehead atoms. The Labute approximate surface area is 185 Å². The third-order valence-electron chi connectivity index (χ3n) is 6.68. The van der Waals surface area contributed by atoms with Gasteiger partial charge in [-0.2, -0.15) is 0 Å². The van der Waals surface area contributed by atoms with Crippen LogP contribution in [0.3, 0.4) is 0 Å². The van der Waals surface area contributed by atoms with E-state index in [0.717, 1.165) is 50.9 Å². The number of rotatable bonds is 7. The molecule has 1 saturated carbocycles. The molecule has 0 radical (unpaired) electrons. The maximum Gasteiger partial charge on any atom is 0.138 e. The van der Waals surface area contributed by atoms with Crippen LogP contribution in [-0.2, 0) is 6.61 Å². The largest absolute Gasteiger partial charge is 0.487 e.